The highest BCUT2D eigenvalue weighted by Crippen LogP contribution is 2.25. The van der Waals surface area contributed by atoms with Crippen molar-refractivity contribution >= 4 is 22.9 Å². The number of nitrogens with two attached hydrogens (primary N) is 1. The van der Waals surface area contributed by atoms with Gasteiger partial charge in [0.1, 0.15) is 22.7 Å². The summed E-state index contributed by atoms with van der Waals surface area (Å²) in [6.45, 7) is 4.63. The first-order chi connectivity index (χ1) is 15.9. The van der Waals surface area contributed by atoms with Gasteiger partial charge in [-0.1, -0.05) is 26.7 Å². The number of aromatic nitrogens is 3. The van der Waals surface area contributed by atoms with Crippen LogP contribution in [-0.2, 0) is 6.54 Å². The molecule has 33 heavy (non-hydrogen) atoms. The van der Waals surface area contributed by atoms with E-state index in [0.717, 1.165) is 31.2 Å². The molecule has 0 atom stereocenters. The summed E-state index contributed by atoms with van der Waals surface area (Å²) in [6, 6.07) is 5.67. The van der Waals surface area contributed by atoms with Crippen LogP contribution in [0.2, 0.25) is 0 Å². The number of benzene rings is 1. The van der Waals surface area contributed by atoms with E-state index in [1.165, 1.54) is 6.20 Å². The van der Waals surface area contributed by atoms with Gasteiger partial charge < -0.3 is 25.1 Å². The minimum absolute atomic E-state index is 0.0486. The fraction of sp³-hybridized carbons (Fsp3) is 0.417. The van der Waals surface area contributed by atoms with Crippen molar-refractivity contribution in [2.75, 3.05) is 19.5 Å². The number of ether oxygens (including phenoxy) is 2. The molecule has 0 spiro atoms. The van der Waals surface area contributed by atoms with E-state index in [0.29, 0.717) is 29.6 Å². The third kappa shape index (κ3) is 5.42. The number of carbonyl (C=O) groups is 1. The summed E-state index contributed by atoms with van der Waals surface area (Å²) in [5.74, 6) is 0.980. The number of rotatable bonds is 11. The minimum Gasteiger partial charge on any atom is -0.497 e. The number of hydrogen-bond donors (Lipinski definition) is 2. The molecule has 0 saturated heterocycles. The highest BCUT2D eigenvalue weighted by molar-refractivity contribution is 5.95. The van der Waals surface area contributed by atoms with E-state index < -0.39 is 11.3 Å². The summed E-state index contributed by atoms with van der Waals surface area (Å²) in [7, 11) is 3.20. The Bertz CT molecular complexity index is 1160. The Kier molecular flexibility index (Phi) is 7.87. The Hall–Kier alpha value is -3.62. The van der Waals surface area contributed by atoms with Crippen LogP contribution < -0.4 is 26.0 Å². The molecular formula is C24H31N5O4. The number of methoxy groups -OCH3 is 2. The van der Waals surface area contributed by atoms with Crippen LogP contribution in [0, 0.1) is 0 Å². The fourth-order valence-electron chi connectivity index (χ4n) is 3.91. The number of hydrogen-bond acceptors (Lipinski definition) is 7. The van der Waals surface area contributed by atoms with Crippen molar-refractivity contribution in [3.63, 3.8) is 0 Å². The molecule has 0 aliphatic rings. The number of pyridine rings is 1. The lowest BCUT2D eigenvalue weighted by molar-refractivity contribution is 0.0998. The maximum atomic E-state index is 12.8. The van der Waals surface area contributed by atoms with Gasteiger partial charge in [0.25, 0.3) is 5.91 Å². The maximum absolute atomic E-state index is 12.8. The maximum Gasteiger partial charge on any atom is 0.254 e. The van der Waals surface area contributed by atoms with Gasteiger partial charge in [0.15, 0.2) is 0 Å². The van der Waals surface area contributed by atoms with Gasteiger partial charge in [0.2, 0.25) is 11.4 Å². The Morgan fingerprint density at radius 1 is 1.12 bits per heavy atom. The first-order valence-electron chi connectivity index (χ1n) is 11.1. The van der Waals surface area contributed by atoms with Crippen LogP contribution in [0.3, 0.4) is 0 Å². The topological polar surface area (TPSA) is 121 Å². The molecule has 0 bridgehead atoms. The summed E-state index contributed by atoms with van der Waals surface area (Å²) in [4.78, 5) is 33.7. The minimum atomic E-state index is -0.753. The average Bonchev–Trinajstić information content (AvgIpc) is 2.82. The van der Waals surface area contributed by atoms with Crippen LogP contribution in [0.5, 0.6) is 11.5 Å². The molecule has 0 fully saturated rings. The van der Waals surface area contributed by atoms with Gasteiger partial charge in [-0.15, -0.1) is 0 Å². The summed E-state index contributed by atoms with van der Waals surface area (Å²) in [5.41, 5.74) is 6.39. The van der Waals surface area contributed by atoms with Crippen molar-refractivity contribution in [1.82, 2.24) is 14.5 Å². The van der Waals surface area contributed by atoms with E-state index in [-0.39, 0.29) is 17.0 Å². The molecule has 0 radical (unpaired) electrons. The summed E-state index contributed by atoms with van der Waals surface area (Å²) < 4.78 is 12.6. The lowest BCUT2D eigenvalue weighted by Crippen LogP contribution is -2.26. The van der Waals surface area contributed by atoms with E-state index in [9.17, 15) is 9.59 Å². The summed E-state index contributed by atoms with van der Waals surface area (Å²) >= 11 is 0. The van der Waals surface area contributed by atoms with Crippen LogP contribution in [0.25, 0.3) is 11.0 Å². The zero-order valence-electron chi connectivity index (χ0n) is 19.6. The van der Waals surface area contributed by atoms with Gasteiger partial charge in [-0.25, -0.2) is 4.98 Å². The standard InChI is InChI=1S/C24H31N5O4/c1-5-7-16(8-6-2)29-14-20(22(25)31)21(30)19-13-27-24(28-23(19)29)26-12-15-9-17(32-3)11-18(10-15)33-4/h9-11,13-14,16H,5-8,12H2,1-4H3,(H2,25,31)(H,26,27,28). The van der Waals surface area contributed by atoms with Gasteiger partial charge >= 0.3 is 0 Å². The predicted molar refractivity (Wildman–Crippen MR) is 128 cm³/mol. The second-order valence-corrected chi connectivity index (χ2v) is 7.88. The molecule has 0 aliphatic heterocycles. The van der Waals surface area contributed by atoms with Crippen LogP contribution in [0.4, 0.5) is 5.95 Å². The number of nitrogens with zero attached hydrogens (tertiary/aromatic N) is 3. The SMILES string of the molecule is CCCC(CCC)n1cc(C(N)=O)c(=O)c2cnc(NCc3cc(OC)cc(OC)c3)nc21. The van der Waals surface area contributed by atoms with Crippen molar-refractivity contribution in [3.8, 4) is 11.5 Å². The Morgan fingerprint density at radius 2 is 1.76 bits per heavy atom. The van der Waals surface area contributed by atoms with Gasteiger partial charge in [0, 0.05) is 31.0 Å². The number of anilines is 1. The molecule has 0 aliphatic carbocycles. The summed E-state index contributed by atoms with van der Waals surface area (Å²) in [5, 5.41) is 3.48. The first-order valence-corrected chi connectivity index (χ1v) is 11.1. The number of amides is 1. The third-order valence-electron chi connectivity index (χ3n) is 5.54. The van der Waals surface area contributed by atoms with Crippen molar-refractivity contribution in [2.45, 2.75) is 52.1 Å². The normalized spacial score (nSPS) is 11.1. The fourth-order valence-corrected chi connectivity index (χ4v) is 3.91. The molecule has 0 unspecified atom stereocenters. The first kappa shape index (κ1) is 24.0. The molecule has 3 rings (SSSR count). The highest BCUT2D eigenvalue weighted by atomic mass is 16.5. The Balaban J connectivity index is 2.03. The van der Waals surface area contributed by atoms with Crippen molar-refractivity contribution in [1.29, 1.82) is 0 Å². The van der Waals surface area contributed by atoms with Crippen molar-refractivity contribution in [2.24, 2.45) is 5.73 Å². The zero-order chi connectivity index (χ0) is 24.0. The van der Waals surface area contributed by atoms with E-state index in [2.05, 4.69) is 29.1 Å². The lowest BCUT2D eigenvalue weighted by Gasteiger charge is -2.22. The quantitative estimate of drug-likeness (QED) is 0.454. The van der Waals surface area contributed by atoms with Gasteiger partial charge in [0.05, 0.1) is 19.6 Å². The zero-order valence-corrected chi connectivity index (χ0v) is 19.6. The second-order valence-electron chi connectivity index (χ2n) is 7.88. The summed E-state index contributed by atoms with van der Waals surface area (Å²) in [6.07, 6.45) is 6.70. The second kappa shape index (κ2) is 10.8. The molecule has 2 heterocycles. The Labute approximate surface area is 192 Å². The van der Waals surface area contributed by atoms with Gasteiger partial charge in [-0.3, -0.25) is 9.59 Å². The largest absolute Gasteiger partial charge is 0.497 e. The molecule has 1 amide bonds. The molecule has 3 aromatic rings. The number of primary amides is 1. The van der Waals surface area contributed by atoms with E-state index >= 15 is 0 Å². The van der Waals surface area contributed by atoms with E-state index in [1.54, 1.807) is 26.5 Å². The van der Waals surface area contributed by atoms with Crippen molar-refractivity contribution < 1.29 is 14.3 Å². The van der Waals surface area contributed by atoms with Crippen LogP contribution in [-0.4, -0.2) is 34.7 Å². The van der Waals surface area contributed by atoms with Crippen molar-refractivity contribution in [3.05, 3.63) is 51.9 Å². The molecular weight excluding hydrogens is 422 g/mol. The van der Waals surface area contributed by atoms with Crippen LogP contribution >= 0.6 is 0 Å². The number of fused-ring (bicyclic) bond motifs is 1. The molecule has 0 saturated carbocycles. The smallest absolute Gasteiger partial charge is 0.254 e. The molecule has 3 N–H and O–H groups in total. The van der Waals surface area contributed by atoms with Crippen LogP contribution in [0.15, 0.2) is 35.4 Å². The van der Waals surface area contributed by atoms with Crippen LogP contribution in [0.1, 0.15) is 61.5 Å². The van der Waals surface area contributed by atoms with E-state index in [4.69, 9.17) is 15.2 Å². The molecule has 2 aromatic heterocycles. The monoisotopic (exact) mass is 453 g/mol. The van der Waals surface area contributed by atoms with Gasteiger partial charge in [-0.2, -0.15) is 4.98 Å². The third-order valence-corrected chi connectivity index (χ3v) is 5.54. The van der Waals surface area contributed by atoms with E-state index in [1.807, 2.05) is 16.7 Å². The molecule has 1 aromatic carbocycles. The molecule has 9 nitrogen and oxygen atoms in total. The number of nitrogens with one attached hydrogen (secondary N) is 1. The lowest BCUT2D eigenvalue weighted by atomic mass is 10.1. The highest BCUT2D eigenvalue weighted by Gasteiger charge is 2.19. The predicted octanol–water partition coefficient (Wildman–Crippen LogP) is 3.66. The average molecular weight is 454 g/mol. The Morgan fingerprint density at radius 3 is 2.30 bits per heavy atom. The molecule has 9 heteroatoms. The van der Waals surface area contributed by atoms with Gasteiger partial charge in [-0.05, 0) is 30.5 Å². The molecule has 176 valence electrons. The number of carbonyl (C=O) groups excluding carboxylic acids is 1.